The van der Waals surface area contributed by atoms with Crippen molar-refractivity contribution < 1.29 is 4.79 Å². The highest BCUT2D eigenvalue weighted by Gasteiger charge is 2.06. The molecule has 0 fully saturated rings. The quantitative estimate of drug-likeness (QED) is 0.772. The van der Waals surface area contributed by atoms with Crippen LogP contribution in [0.25, 0.3) is 0 Å². The van der Waals surface area contributed by atoms with Crippen LogP contribution in [0.5, 0.6) is 0 Å². The van der Waals surface area contributed by atoms with Gasteiger partial charge in [0, 0.05) is 23.8 Å². The minimum absolute atomic E-state index is 0.0500. The number of hydrogen-bond acceptors (Lipinski definition) is 2. The summed E-state index contributed by atoms with van der Waals surface area (Å²) in [5, 5.41) is 2.58. The fourth-order valence-electron chi connectivity index (χ4n) is 1.07. The highest BCUT2D eigenvalue weighted by atomic mass is 32.1. The molecular weight excluding hydrogens is 184 g/mol. The van der Waals surface area contributed by atoms with Crippen molar-refractivity contribution in [2.24, 2.45) is 0 Å². The second-order valence-electron chi connectivity index (χ2n) is 2.92. The van der Waals surface area contributed by atoms with E-state index in [4.69, 9.17) is 0 Å². The van der Waals surface area contributed by atoms with Gasteiger partial charge in [-0.15, -0.1) is 11.3 Å². The van der Waals surface area contributed by atoms with Crippen LogP contribution >= 0.6 is 11.3 Å². The SMILES string of the molecule is CNC(=O)N(C)Cc1ccc(C)s1. The summed E-state index contributed by atoms with van der Waals surface area (Å²) in [6, 6.07) is 4.07. The maximum Gasteiger partial charge on any atom is 0.317 e. The molecule has 0 aliphatic heterocycles. The Hall–Kier alpha value is -1.03. The first-order chi connectivity index (χ1) is 6.13. The molecule has 0 aliphatic carbocycles. The Morgan fingerprint density at radius 2 is 2.31 bits per heavy atom. The second kappa shape index (κ2) is 4.28. The third-order valence-corrected chi connectivity index (χ3v) is 2.74. The van der Waals surface area contributed by atoms with E-state index >= 15 is 0 Å². The van der Waals surface area contributed by atoms with Gasteiger partial charge >= 0.3 is 6.03 Å². The number of urea groups is 1. The van der Waals surface area contributed by atoms with Crippen LogP contribution in [0.4, 0.5) is 4.79 Å². The van der Waals surface area contributed by atoms with Gasteiger partial charge in [0.25, 0.3) is 0 Å². The van der Waals surface area contributed by atoms with E-state index in [1.807, 2.05) is 0 Å². The minimum Gasteiger partial charge on any atom is -0.341 e. The van der Waals surface area contributed by atoms with E-state index in [0.29, 0.717) is 6.54 Å². The highest BCUT2D eigenvalue weighted by molar-refractivity contribution is 7.11. The van der Waals surface area contributed by atoms with Crippen molar-refractivity contribution in [1.82, 2.24) is 10.2 Å². The number of nitrogens with one attached hydrogen (secondary N) is 1. The Morgan fingerprint density at radius 1 is 1.62 bits per heavy atom. The molecule has 1 heterocycles. The van der Waals surface area contributed by atoms with Crippen LogP contribution in [0.1, 0.15) is 9.75 Å². The zero-order chi connectivity index (χ0) is 9.84. The predicted molar refractivity (Wildman–Crippen MR) is 55.0 cm³/mol. The Balaban J connectivity index is 2.54. The summed E-state index contributed by atoms with van der Waals surface area (Å²) in [4.78, 5) is 15.3. The van der Waals surface area contributed by atoms with Gasteiger partial charge in [-0.25, -0.2) is 4.79 Å². The number of amides is 2. The molecule has 0 aliphatic rings. The monoisotopic (exact) mass is 198 g/mol. The molecule has 1 N–H and O–H groups in total. The van der Waals surface area contributed by atoms with Crippen LogP contribution < -0.4 is 5.32 Å². The lowest BCUT2D eigenvalue weighted by Crippen LogP contribution is -2.34. The molecule has 0 saturated heterocycles. The Morgan fingerprint density at radius 3 is 2.77 bits per heavy atom. The maximum absolute atomic E-state index is 11.1. The molecule has 0 spiro atoms. The lowest BCUT2D eigenvalue weighted by molar-refractivity contribution is 0.209. The van der Waals surface area contributed by atoms with Crippen molar-refractivity contribution in [2.45, 2.75) is 13.5 Å². The summed E-state index contributed by atoms with van der Waals surface area (Å²) < 4.78 is 0. The smallest absolute Gasteiger partial charge is 0.317 e. The van der Waals surface area contributed by atoms with Gasteiger partial charge in [-0.1, -0.05) is 0 Å². The van der Waals surface area contributed by atoms with E-state index in [0.717, 1.165) is 0 Å². The number of nitrogens with zero attached hydrogens (tertiary/aromatic N) is 1. The first kappa shape index (κ1) is 10.1. The highest BCUT2D eigenvalue weighted by Crippen LogP contribution is 2.16. The van der Waals surface area contributed by atoms with Crippen molar-refractivity contribution in [3.63, 3.8) is 0 Å². The van der Waals surface area contributed by atoms with Crippen molar-refractivity contribution >= 4 is 17.4 Å². The molecule has 0 bridgehead atoms. The van der Waals surface area contributed by atoms with Gasteiger partial charge in [-0.2, -0.15) is 0 Å². The largest absolute Gasteiger partial charge is 0.341 e. The molecule has 0 radical (unpaired) electrons. The number of hydrogen-bond donors (Lipinski definition) is 1. The molecule has 0 unspecified atom stereocenters. The summed E-state index contributed by atoms with van der Waals surface area (Å²) in [5.74, 6) is 0. The fraction of sp³-hybridized carbons (Fsp3) is 0.444. The first-order valence-electron chi connectivity index (χ1n) is 4.11. The van der Waals surface area contributed by atoms with Crippen LogP contribution in [0.2, 0.25) is 0 Å². The van der Waals surface area contributed by atoms with Crippen LogP contribution in [-0.4, -0.2) is 25.0 Å². The van der Waals surface area contributed by atoms with E-state index in [1.165, 1.54) is 9.75 Å². The molecular formula is C9H14N2OS. The predicted octanol–water partition coefficient (Wildman–Crippen LogP) is 1.83. The van der Waals surface area contributed by atoms with Crippen molar-refractivity contribution in [3.05, 3.63) is 21.9 Å². The van der Waals surface area contributed by atoms with E-state index in [9.17, 15) is 4.79 Å². The molecule has 1 aromatic heterocycles. The second-order valence-corrected chi connectivity index (χ2v) is 4.30. The van der Waals surface area contributed by atoms with E-state index in [-0.39, 0.29) is 6.03 Å². The molecule has 72 valence electrons. The average Bonchev–Trinajstić information content (AvgIpc) is 2.49. The van der Waals surface area contributed by atoms with Gasteiger partial charge in [0.2, 0.25) is 0 Å². The van der Waals surface area contributed by atoms with Gasteiger partial charge in [0.1, 0.15) is 0 Å². The molecule has 3 nitrogen and oxygen atoms in total. The average molecular weight is 198 g/mol. The number of aryl methyl sites for hydroxylation is 1. The summed E-state index contributed by atoms with van der Waals surface area (Å²) in [6.07, 6.45) is 0. The summed E-state index contributed by atoms with van der Waals surface area (Å²) >= 11 is 1.72. The first-order valence-corrected chi connectivity index (χ1v) is 4.93. The fourth-order valence-corrected chi connectivity index (χ4v) is 2.01. The lowest BCUT2D eigenvalue weighted by atomic mass is 10.4. The summed E-state index contributed by atoms with van der Waals surface area (Å²) in [6.45, 7) is 2.74. The van der Waals surface area contributed by atoms with Gasteiger partial charge in [0.05, 0.1) is 6.54 Å². The maximum atomic E-state index is 11.1. The van der Waals surface area contributed by atoms with E-state index < -0.39 is 0 Å². The molecule has 13 heavy (non-hydrogen) atoms. The Kier molecular flexibility index (Phi) is 3.31. The molecule has 0 saturated carbocycles. The normalized spacial score (nSPS) is 9.77. The van der Waals surface area contributed by atoms with E-state index in [2.05, 4.69) is 24.4 Å². The van der Waals surface area contributed by atoms with Gasteiger partial charge < -0.3 is 10.2 Å². The molecule has 2 amide bonds. The van der Waals surface area contributed by atoms with Crippen molar-refractivity contribution in [3.8, 4) is 0 Å². The number of rotatable bonds is 2. The standard InChI is InChI=1S/C9H14N2OS/c1-7-4-5-8(13-7)6-11(3)9(12)10-2/h4-5H,6H2,1-3H3,(H,10,12). The Bertz CT molecular complexity index is 296. The van der Waals surface area contributed by atoms with Crippen LogP contribution in [-0.2, 0) is 6.54 Å². The van der Waals surface area contributed by atoms with Gasteiger partial charge in [-0.3, -0.25) is 0 Å². The number of carbonyl (C=O) groups excluding carboxylic acids is 1. The molecule has 0 atom stereocenters. The van der Waals surface area contributed by atoms with Crippen molar-refractivity contribution in [1.29, 1.82) is 0 Å². The minimum atomic E-state index is -0.0500. The van der Waals surface area contributed by atoms with Gasteiger partial charge in [0.15, 0.2) is 0 Å². The van der Waals surface area contributed by atoms with E-state index in [1.54, 1.807) is 30.3 Å². The number of carbonyl (C=O) groups is 1. The third kappa shape index (κ3) is 2.73. The summed E-state index contributed by atoms with van der Waals surface area (Å²) in [5.41, 5.74) is 0. The zero-order valence-corrected chi connectivity index (χ0v) is 8.94. The van der Waals surface area contributed by atoms with Crippen molar-refractivity contribution in [2.75, 3.05) is 14.1 Å². The lowest BCUT2D eigenvalue weighted by Gasteiger charge is -2.14. The van der Waals surface area contributed by atoms with Crippen LogP contribution in [0, 0.1) is 6.92 Å². The van der Waals surface area contributed by atoms with Crippen LogP contribution in [0.15, 0.2) is 12.1 Å². The zero-order valence-electron chi connectivity index (χ0n) is 8.13. The molecule has 1 rings (SSSR count). The van der Waals surface area contributed by atoms with Crippen LogP contribution in [0.3, 0.4) is 0 Å². The molecule has 4 heteroatoms. The Labute approximate surface area is 82.4 Å². The van der Waals surface area contributed by atoms with Gasteiger partial charge in [-0.05, 0) is 19.1 Å². The third-order valence-electron chi connectivity index (χ3n) is 1.75. The summed E-state index contributed by atoms with van der Waals surface area (Å²) in [7, 11) is 3.42. The number of thiophene rings is 1. The topological polar surface area (TPSA) is 32.3 Å². The molecule has 0 aromatic carbocycles. The molecule has 1 aromatic rings.